The Bertz CT molecular complexity index is 416. The molecule has 0 aromatic heterocycles. The number of carbonyl (C=O) groups excluding carboxylic acids is 3. The van der Waals surface area contributed by atoms with Gasteiger partial charge in [-0.25, -0.2) is 0 Å². The van der Waals surface area contributed by atoms with Crippen molar-refractivity contribution in [2.45, 2.75) is 33.1 Å². The molecule has 0 radical (unpaired) electrons. The van der Waals surface area contributed by atoms with Crippen LogP contribution in [0.2, 0.25) is 0 Å². The average molecular weight is 313 g/mol. The Morgan fingerprint density at radius 3 is 2.57 bits per heavy atom. The van der Waals surface area contributed by atoms with Crippen molar-refractivity contribution in [2.24, 2.45) is 0 Å². The molecule has 5 nitrogen and oxygen atoms in total. The molecule has 0 atom stereocenters. The molecular weight excluding hydrogens is 290 g/mol. The van der Waals surface area contributed by atoms with E-state index in [-0.39, 0.29) is 29.8 Å². The monoisotopic (exact) mass is 313 g/mol. The minimum atomic E-state index is -0.196. The summed E-state index contributed by atoms with van der Waals surface area (Å²) in [6.07, 6.45) is 6.63. The number of nitrogens with one attached hydrogen (secondary N) is 1. The number of aliphatic hydroxyl groups excluding tert-OH is 1. The number of rotatable bonds is 10. The summed E-state index contributed by atoms with van der Waals surface area (Å²) in [6.45, 7) is 3.66. The number of aliphatic hydroxyl groups is 1. The Morgan fingerprint density at radius 2 is 1.95 bits per heavy atom. The standard InChI is InChI=1S/C15H23NO4S/c1-12(7-5-3-4-6-9-17)14(19)11-15(20)21-10-8-16-13(2)18/h3,5,7,17H,4,6,8-11H2,1-2H3,(H,16,18). The molecule has 0 bridgehead atoms. The Morgan fingerprint density at radius 1 is 1.24 bits per heavy atom. The zero-order chi connectivity index (χ0) is 16.1. The summed E-state index contributed by atoms with van der Waals surface area (Å²) in [5.74, 6) is 0.139. The van der Waals surface area contributed by atoms with Crippen LogP contribution < -0.4 is 5.32 Å². The number of carbonyl (C=O) groups is 3. The van der Waals surface area contributed by atoms with Crippen LogP contribution in [0.3, 0.4) is 0 Å². The smallest absolute Gasteiger partial charge is 0.216 e. The summed E-state index contributed by atoms with van der Waals surface area (Å²) >= 11 is 1.05. The van der Waals surface area contributed by atoms with E-state index in [1.807, 2.05) is 6.08 Å². The van der Waals surface area contributed by atoms with Crippen molar-refractivity contribution in [3.8, 4) is 0 Å². The number of allylic oxidation sites excluding steroid dienone is 4. The van der Waals surface area contributed by atoms with Gasteiger partial charge in [0.15, 0.2) is 10.9 Å². The SMILES string of the molecule is CC(=O)NCCSC(=O)CC(=O)C(C)=CC=CCCCO. The predicted molar refractivity (Wildman–Crippen MR) is 85.0 cm³/mol. The van der Waals surface area contributed by atoms with Crippen LogP contribution in [-0.4, -0.2) is 40.8 Å². The zero-order valence-electron chi connectivity index (χ0n) is 12.6. The second kappa shape index (κ2) is 12.3. The lowest BCUT2D eigenvalue weighted by Crippen LogP contribution is -2.23. The first-order valence-electron chi connectivity index (χ1n) is 6.85. The number of hydrogen-bond donors (Lipinski definition) is 2. The zero-order valence-corrected chi connectivity index (χ0v) is 13.4. The topological polar surface area (TPSA) is 83.5 Å². The van der Waals surface area contributed by atoms with E-state index in [1.165, 1.54) is 6.92 Å². The van der Waals surface area contributed by atoms with Gasteiger partial charge >= 0.3 is 0 Å². The molecule has 0 heterocycles. The maximum Gasteiger partial charge on any atom is 0.216 e. The molecule has 0 aliphatic rings. The molecule has 0 saturated heterocycles. The second-order valence-electron chi connectivity index (χ2n) is 4.45. The van der Waals surface area contributed by atoms with Crippen molar-refractivity contribution in [3.05, 3.63) is 23.8 Å². The van der Waals surface area contributed by atoms with E-state index in [0.29, 0.717) is 24.3 Å². The molecule has 0 spiro atoms. The van der Waals surface area contributed by atoms with Gasteiger partial charge in [-0.15, -0.1) is 0 Å². The Kier molecular flexibility index (Phi) is 11.5. The molecule has 0 aromatic rings. The van der Waals surface area contributed by atoms with Crippen LogP contribution in [0.5, 0.6) is 0 Å². The number of Topliss-reactive ketones (excluding diaryl/α,β-unsaturated/α-hetero) is 1. The highest BCUT2D eigenvalue weighted by molar-refractivity contribution is 8.13. The quantitative estimate of drug-likeness (QED) is 0.277. The fourth-order valence-electron chi connectivity index (χ4n) is 1.32. The van der Waals surface area contributed by atoms with E-state index in [2.05, 4.69) is 5.32 Å². The molecule has 0 fully saturated rings. The number of thioether (sulfide) groups is 1. The van der Waals surface area contributed by atoms with Crippen molar-refractivity contribution in [3.63, 3.8) is 0 Å². The van der Waals surface area contributed by atoms with Crippen molar-refractivity contribution in [2.75, 3.05) is 18.9 Å². The first kappa shape index (κ1) is 19.6. The normalized spacial score (nSPS) is 11.7. The van der Waals surface area contributed by atoms with Gasteiger partial charge in [0.2, 0.25) is 5.91 Å². The van der Waals surface area contributed by atoms with E-state index in [1.54, 1.807) is 19.1 Å². The van der Waals surface area contributed by atoms with Gasteiger partial charge in [0, 0.05) is 25.8 Å². The average Bonchev–Trinajstić information content (AvgIpc) is 2.42. The molecule has 21 heavy (non-hydrogen) atoms. The van der Waals surface area contributed by atoms with Gasteiger partial charge in [0.05, 0.1) is 6.42 Å². The Balaban J connectivity index is 3.99. The summed E-state index contributed by atoms with van der Waals surface area (Å²) in [4.78, 5) is 34.0. The summed E-state index contributed by atoms with van der Waals surface area (Å²) in [6, 6.07) is 0. The van der Waals surface area contributed by atoms with Crippen LogP contribution in [-0.2, 0) is 14.4 Å². The third-order valence-corrected chi connectivity index (χ3v) is 3.37. The van der Waals surface area contributed by atoms with Crippen LogP contribution >= 0.6 is 11.8 Å². The largest absolute Gasteiger partial charge is 0.396 e. The highest BCUT2D eigenvalue weighted by Crippen LogP contribution is 2.09. The summed E-state index contributed by atoms with van der Waals surface area (Å²) < 4.78 is 0. The number of hydrogen-bond acceptors (Lipinski definition) is 5. The molecule has 2 N–H and O–H groups in total. The third kappa shape index (κ3) is 12.1. The minimum Gasteiger partial charge on any atom is -0.396 e. The molecule has 0 aliphatic carbocycles. The predicted octanol–water partition coefficient (Wildman–Crippen LogP) is 1.62. The maximum atomic E-state index is 11.8. The molecule has 0 rings (SSSR count). The van der Waals surface area contributed by atoms with Gasteiger partial charge in [-0.1, -0.05) is 30.0 Å². The molecule has 1 amide bonds. The minimum absolute atomic E-state index is 0.127. The van der Waals surface area contributed by atoms with Crippen LogP contribution in [0.1, 0.15) is 33.1 Å². The fraction of sp³-hybridized carbons (Fsp3) is 0.533. The third-order valence-electron chi connectivity index (χ3n) is 2.49. The first-order chi connectivity index (χ1) is 9.97. The van der Waals surface area contributed by atoms with Gasteiger partial charge in [0.1, 0.15) is 0 Å². The van der Waals surface area contributed by atoms with E-state index < -0.39 is 0 Å². The molecule has 0 aromatic carbocycles. The number of ketones is 1. The highest BCUT2D eigenvalue weighted by Gasteiger charge is 2.11. The highest BCUT2D eigenvalue weighted by atomic mass is 32.2. The molecule has 6 heteroatoms. The van der Waals surface area contributed by atoms with Crippen molar-refractivity contribution in [1.29, 1.82) is 0 Å². The fourth-order valence-corrected chi connectivity index (χ4v) is 1.99. The molecular formula is C15H23NO4S. The molecule has 118 valence electrons. The lowest BCUT2D eigenvalue weighted by Gasteiger charge is -2.02. The summed E-state index contributed by atoms with van der Waals surface area (Å²) in [7, 11) is 0. The number of amides is 1. The van der Waals surface area contributed by atoms with E-state index in [9.17, 15) is 14.4 Å². The van der Waals surface area contributed by atoms with Gasteiger partial charge in [0.25, 0.3) is 0 Å². The van der Waals surface area contributed by atoms with Gasteiger partial charge in [-0.3, -0.25) is 14.4 Å². The van der Waals surface area contributed by atoms with Crippen LogP contribution in [0.25, 0.3) is 0 Å². The maximum absolute atomic E-state index is 11.8. The van der Waals surface area contributed by atoms with Crippen molar-refractivity contribution < 1.29 is 19.5 Å². The van der Waals surface area contributed by atoms with Crippen LogP contribution in [0.4, 0.5) is 0 Å². The lowest BCUT2D eigenvalue weighted by atomic mass is 10.1. The Hall–Kier alpha value is -1.40. The molecule has 0 unspecified atom stereocenters. The van der Waals surface area contributed by atoms with Crippen LogP contribution in [0, 0.1) is 0 Å². The van der Waals surface area contributed by atoms with E-state index >= 15 is 0 Å². The van der Waals surface area contributed by atoms with Crippen molar-refractivity contribution >= 4 is 28.6 Å². The molecule has 0 aliphatic heterocycles. The van der Waals surface area contributed by atoms with Gasteiger partial charge < -0.3 is 10.4 Å². The molecule has 0 saturated carbocycles. The lowest BCUT2D eigenvalue weighted by molar-refractivity contribution is -0.121. The second-order valence-corrected chi connectivity index (χ2v) is 5.60. The summed E-state index contributed by atoms with van der Waals surface area (Å²) in [5, 5.41) is 11.0. The van der Waals surface area contributed by atoms with Gasteiger partial charge in [-0.2, -0.15) is 0 Å². The number of unbranched alkanes of at least 4 members (excludes halogenated alkanes) is 1. The van der Waals surface area contributed by atoms with E-state index in [4.69, 9.17) is 5.11 Å². The van der Waals surface area contributed by atoms with Crippen molar-refractivity contribution in [1.82, 2.24) is 5.32 Å². The van der Waals surface area contributed by atoms with Gasteiger partial charge in [-0.05, 0) is 25.3 Å². The van der Waals surface area contributed by atoms with Crippen LogP contribution in [0.15, 0.2) is 23.8 Å². The summed E-state index contributed by atoms with van der Waals surface area (Å²) in [5.41, 5.74) is 0.533. The van der Waals surface area contributed by atoms with E-state index in [0.717, 1.165) is 18.2 Å². The Labute approximate surface area is 129 Å². The first-order valence-corrected chi connectivity index (χ1v) is 7.83.